The molecule has 4 heteroatoms. The fraction of sp³-hybridized carbons (Fsp3) is 0.0345. The van der Waals surface area contributed by atoms with Crippen molar-refractivity contribution in [1.29, 1.82) is 0 Å². The molecule has 0 aliphatic heterocycles. The van der Waals surface area contributed by atoms with Gasteiger partial charge in [0.15, 0.2) is 23.3 Å². The Morgan fingerprint density at radius 3 is 1.39 bits per heavy atom. The third-order valence-corrected chi connectivity index (χ3v) is 13.0. The molecular formula is C58H34F4. The average molecular weight is 807 g/mol. The highest BCUT2D eigenvalue weighted by Gasteiger charge is 2.35. The Morgan fingerprint density at radius 2 is 0.823 bits per heavy atom. The number of rotatable bonds is 5. The molecule has 0 saturated heterocycles. The summed E-state index contributed by atoms with van der Waals surface area (Å²) in [6, 6.07) is 56.5. The van der Waals surface area contributed by atoms with Crippen LogP contribution in [0.4, 0.5) is 17.6 Å². The molecule has 0 N–H and O–H groups in total. The topological polar surface area (TPSA) is 0 Å². The quantitative estimate of drug-likeness (QED) is 0.0923. The maximum absolute atomic E-state index is 16.6. The largest absolute Gasteiger partial charge is 0.203 e. The van der Waals surface area contributed by atoms with Crippen molar-refractivity contribution in [2.24, 2.45) is 0 Å². The first kappa shape index (κ1) is 36.3. The third-order valence-electron chi connectivity index (χ3n) is 13.0. The Labute approximate surface area is 355 Å². The highest BCUT2D eigenvalue weighted by atomic mass is 19.2. The molecule has 0 heterocycles. The van der Waals surface area contributed by atoms with Gasteiger partial charge < -0.3 is 0 Å². The van der Waals surface area contributed by atoms with Crippen LogP contribution in [0.2, 0.25) is 0 Å². The maximum Gasteiger partial charge on any atom is 0.198 e. The summed E-state index contributed by atoms with van der Waals surface area (Å²) < 4.78 is 64.2. The van der Waals surface area contributed by atoms with Crippen LogP contribution in [0.3, 0.4) is 0 Å². The Bertz CT molecular complexity index is 3410. The number of benzene rings is 10. The Kier molecular flexibility index (Phi) is 8.20. The summed E-state index contributed by atoms with van der Waals surface area (Å²) in [5.41, 5.74) is 14.1. The van der Waals surface area contributed by atoms with Gasteiger partial charge in [-0.3, -0.25) is 0 Å². The molecule has 0 atom stereocenters. The van der Waals surface area contributed by atoms with Gasteiger partial charge in [0.2, 0.25) is 0 Å². The van der Waals surface area contributed by atoms with Crippen molar-refractivity contribution in [2.75, 3.05) is 0 Å². The van der Waals surface area contributed by atoms with E-state index in [-0.39, 0.29) is 10.8 Å². The molecule has 2 aliphatic carbocycles. The van der Waals surface area contributed by atoms with Crippen molar-refractivity contribution in [3.63, 3.8) is 0 Å². The van der Waals surface area contributed by atoms with Crippen molar-refractivity contribution < 1.29 is 17.6 Å². The van der Waals surface area contributed by atoms with E-state index in [1.807, 2.05) is 72.8 Å². The summed E-state index contributed by atoms with van der Waals surface area (Å²) in [6.07, 6.45) is 6.45. The molecule has 0 bridgehead atoms. The lowest BCUT2D eigenvalue weighted by atomic mass is 9.79. The molecule has 294 valence electrons. The highest BCUT2D eigenvalue weighted by molar-refractivity contribution is 6.29. The minimum absolute atomic E-state index is 0.286. The zero-order valence-electron chi connectivity index (χ0n) is 33.2. The van der Waals surface area contributed by atoms with Crippen LogP contribution in [0.1, 0.15) is 17.5 Å². The summed E-state index contributed by atoms with van der Waals surface area (Å²) in [6.45, 7) is 0. The predicted molar refractivity (Wildman–Crippen MR) is 248 cm³/mol. The fourth-order valence-electron chi connectivity index (χ4n) is 10.5. The predicted octanol–water partition coefficient (Wildman–Crippen LogP) is 16.6. The molecule has 0 amide bonds. The van der Waals surface area contributed by atoms with E-state index in [1.165, 1.54) is 27.8 Å². The Balaban J connectivity index is 1.19. The number of allylic oxidation sites excluding steroid dienone is 1. The summed E-state index contributed by atoms with van der Waals surface area (Å²) in [5, 5.41) is 3.62. The molecule has 0 nitrogen and oxygen atoms in total. The SMILES string of the molecule is Fc1c(F)c(F)c2c(-c3ccccc3)c3c(c(-c4ccccc4)c2c1F)-c1cccc2c(-c4ccc5c(-c6ccccc6)c6c(c(-c7ccccc7)c5c4)CCC=C6)ccc-3c12. The van der Waals surface area contributed by atoms with Gasteiger partial charge in [0.25, 0.3) is 0 Å². The van der Waals surface area contributed by atoms with E-state index in [9.17, 15) is 0 Å². The van der Waals surface area contributed by atoms with Crippen LogP contribution in [0, 0.1) is 23.3 Å². The first-order valence-electron chi connectivity index (χ1n) is 20.9. The van der Waals surface area contributed by atoms with E-state index in [2.05, 4.69) is 109 Å². The first-order chi connectivity index (χ1) is 30.5. The van der Waals surface area contributed by atoms with Gasteiger partial charge in [-0.05, 0) is 118 Å². The van der Waals surface area contributed by atoms with Gasteiger partial charge in [-0.25, -0.2) is 17.6 Å². The van der Waals surface area contributed by atoms with E-state index in [0.717, 1.165) is 62.2 Å². The normalized spacial score (nSPS) is 12.6. The van der Waals surface area contributed by atoms with Gasteiger partial charge in [-0.2, -0.15) is 0 Å². The van der Waals surface area contributed by atoms with Crippen LogP contribution in [0.15, 0.2) is 176 Å². The lowest BCUT2D eigenvalue weighted by Gasteiger charge is -2.24. The molecule has 0 spiro atoms. The zero-order chi connectivity index (χ0) is 41.6. The average Bonchev–Trinajstić information content (AvgIpc) is 3.66. The summed E-state index contributed by atoms with van der Waals surface area (Å²) in [7, 11) is 0. The molecule has 12 rings (SSSR count). The Hall–Kier alpha value is -7.56. The van der Waals surface area contributed by atoms with Gasteiger partial charge in [0.05, 0.1) is 0 Å². The van der Waals surface area contributed by atoms with Crippen molar-refractivity contribution in [1.82, 2.24) is 0 Å². The van der Waals surface area contributed by atoms with Crippen molar-refractivity contribution in [2.45, 2.75) is 12.8 Å². The zero-order valence-corrected chi connectivity index (χ0v) is 33.2. The fourth-order valence-corrected chi connectivity index (χ4v) is 10.5. The molecule has 0 fully saturated rings. The highest BCUT2D eigenvalue weighted by Crippen LogP contribution is 2.59. The first-order valence-corrected chi connectivity index (χ1v) is 20.9. The number of hydrogen-bond acceptors (Lipinski definition) is 0. The molecule has 2 aliphatic rings. The van der Waals surface area contributed by atoms with Crippen LogP contribution in [0.5, 0.6) is 0 Å². The van der Waals surface area contributed by atoms with E-state index < -0.39 is 23.3 Å². The molecule has 0 unspecified atom stereocenters. The summed E-state index contributed by atoms with van der Waals surface area (Å²) >= 11 is 0. The molecule has 10 aromatic rings. The van der Waals surface area contributed by atoms with Gasteiger partial charge >= 0.3 is 0 Å². The number of fused-ring (bicyclic) bond motifs is 6. The lowest BCUT2D eigenvalue weighted by Crippen LogP contribution is -2.03. The van der Waals surface area contributed by atoms with Crippen LogP contribution >= 0.6 is 0 Å². The maximum atomic E-state index is 16.6. The van der Waals surface area contributed by atoms with Crippen LogP contribution in [-0.2, 0) is 6.42 Å². The van der Waals surface area contributed by atoms with E-state index in [0.29, 0.717) is 33.4 Å². The second-order valence-electron chi connectivity index (χ2n) is 16.2. The van der Waals surface area contributed by atoms with E-state index >= 15 is 17.6 Å². The molecular weight excluding hydrogens is 773 g/mol. The molecule has 62 heavy (non-hydrogen) atoms. The standard InChI is InChI=1S/C58H34F4/c59-55-53-48(35-20-9-3-10-21-35)51-43-27-15-26-39-38(30-31-44(50(39)43)52(51)49(36-22-11-4-12-23-36)54(53)56(60)58(62)57(55)61)37-28-29-42-45(32-37)47(34-18-7-2-8-19-34)41-25-14-13-24-40(41)46(42)33-16-5-1-6-17-33/h1-13,15-24,26-32H,14,25H2. The lowest BCUT2D eigenvalue weighted by molar-refractivity contribution is 0.418. The van der Waals surface area contributed by atoms with Crippen LogP contribution in [0.25, 0.3) is 116 Å². The van der Waals surface area contributed by atoms with Gasteiger partial charge in [0.1, 0.15) is 0 Å². The summed E-state index contributed by atoms with van der Waals surface area (Å²) in [5.74, 6) is -6.50. The second-order valence-corrected chi connectivity index (χ2v) is 16.2. The van der Waals surface area contributed by atoms with E-state index in [4.69, 9.17) is 0 Å². The van der Waals surface area contributed by atoms with Gasteiger partial charge in [-0.1, -0.05) is 176 Å². The minimum Gasteiger partial charge on any atom is -0.203 e. The summed E-state index contributed by atoms with van der Waals surface area (Å²) in [4.78, 5) is 0. The smallest absolute Gasteiger partial charge is 0.198 e. The van der Waals surface area contributed by atoms with Crippen molar-refractivity contribution >= 4 is 38.4 Å². The number of halogens is 4. The molecule has 10 aromatic carbocycles. The molecule has 0 saturated carbocycles. The molecule has 0 radical (unpaired) electrons. The van der Waals surface area contributed by atoms with Crippen LogP contribution in [-0.4, -0.2) is 0 Å². The third kappa shape index (κ3) is 5.19. The van der Waals surface area contributed by atoms with Crippen molar-refractivity contribution in [3.8, 4) is 77.9 Å². The minimum atomic E-state index is -1.83. The number of hydrogen-bond donors (Lipinski definition) is 0. The van der Waals surface area contributed by atoms with Gasteiger partial charge in [-0.15, -0.1) is 0 Å². The van der Waals surface area contributed by atoms with E-state index in [1.54, 1.807) is 0 Å². The monoisotopic (exact) mass is 806 g/mol. The van der Waals surface area contributed by atoms with Crippen LogP contribution < -0.4 is 0 Å². The molecule has 0 aromatic heterocycles. The van der Waals surface area contributed by atoms with Gasteiger partial charge in [0, 0.05) is 21.9 Å². The Morgan fingerprint density at radius 1 is 0.323 bits per heavy atom. The second kappa shape index (κ2) is 14.0. The van der Waals surface area contributed by atoms with Crippen molar-refractivity contribution in [3.05, 3.63) is 210 Å².